The molecular formula is C15H22N2O4. The molecule has 0 aliphatic heterocycles. The standard InChI is InChI=1S/C15H22N2O4/c1-5-7-16-15(18)17-8-6-11-9-12(19-2)14(21-4)13(10-11)20-3/h5,9-10H,1,6-8H2,2-4H3,(H2,16,17,18). The van der Waals surface area contributed by atoms with E-state index in [2.05, 4.69) is 17.2 Å². The van der Waals surface area contributed by atoms with Crippen LogP contribution in [-0.2, 0) is 6.42 Å². The summed E-state index contributed by atoms with van der Waals surface area (Å²) < 4.78 is 15.8. The van der Waals surface area contributed by atoms with Gasteiger partial charge < -0.3 is 24.8 Å². The largest absolute Gasteiger partial charge is 0.493 e. The second kappa shape index (κ2) is 8.73. The van der Waals surface area contributed by atoms with Crippen LogP contribution in [0.3, 0.4) is 0 Å². The highest BCUT2D eigenvalue weighted by Crippen LogP contribution is 2.38. The van der Waals surface area contributed by atoms with E-state index >= 15 is 0 Å². The number of nitrogens with one attached hydrogen (secondary N) is 2. The van der Waals surface area contributed by atoms with Crippen molar-refractivity contribution in [3.05, 3.63) is 30.4 Å². The first-order valence-electron chi connectivity index (χ1n) is 6.57. The highest BCUT2D eigenvalue weighted by atomic mass is 16.5. The van der Waals surface area contributed by atoms with Crippen LogP contribution >= 0.6 is 0 Å². The van der Waals surface area contributed by atoms with Gasteiger partial charge in [0.2, 0.25) is 5.75 Å². The minimum atomic E-state index is -0.220. The van der Waals surface area contributed by atoms with Gasteiger partial charge in [0.05, 0.1) is 21.3 Å². The van der Waals surface area contributed by atoms with Gasteiger partial charge in [-0.3, -0.25) is 0 Å². The Morgan fingerprint density at radius 2 is 1.76 bits per heavy atom. The average Bonchev–Trinajstić information content (AvgIpc) is 2.51. The molecule has 116 valence electrons. The van der Waals surface area contributed by atoms with Crippen molar-refractivity contribution in [1.29, 1.82) is 0 Å². The van der Waals surface area contributed by atoms with E-state index < -0.39 is 0 Å². The van der Waals surface area contributed by atoms with Crippen molar-refractivity contribution in [2.75, 3.05) is 34.4 Å². The number of methoxy groups -OCH3 is 3. The lowest BCUT2D eigenvalue weighted by molar-refractivity contribution is 0.242. The van der Waals surface area contributed by atoms with Gasteiger partial charge in [-0.25, -0.2) is 4.79 Å². The molecule has 1 rings (SSSR count). The molecule has 2 amide bonds. The summed E-state index contributed by atoms with van der Waals surface area (Å²) in [4.78, 5) is 11.4. The van der Waals surface area contributed by atoms with Crippen molar-refractivity contribution in [3.8, 4) is 17.2 Å². The Balaban J connectivity index is 2.67. The summed E-state index contributed by atoms with van der Waals surface area (Å²) in [5.41, 5.74) is 0.980. The third kappa shape index (κ3) is 4.91. The summed E-state index contributed by atoms with van der Waals surface area (Å²) in [6, 6.07) is 3.51. The number of amides is 2. The molecule has 0 fully saturated rings. The van der Waals surface area contributed by atoms with E-state index in [9.17, 15) is 4.79 Å². The first kappa shape index (κ1) is 16.7. The first-order valence-corrected chi connectivity index (χ1v) is 6.57. The second-order valence-electron chi connectivity index (χ2n) is 4.21. The zero-order valence-electron chi connectivity index (χ0n) is 12.7. The number of hydrogen-bond acceptors (Lipinski definition) is 4. The molecule has 0 spiro atoms. The molecule has 0 saturated heterocycles. The third-order valence-electron chi connectivity index (χ3n) is 2.83. The molecule has 0 atom stereocenters. The molecule has 0 unspecified atom stereocenters. The van der Waals surface area contributed by atoms with Crippen molar-refractivity contribution in [1.82, 2.24) is 10.6 Å². The van der Waals surface area contributed by atoms with Gasteiger partial charge in [0.15, 0.2) is 11.5 Å². The van der Waals surface area contributed by atoms with Crippen LogP contribution in [0.4, 0.5) is 4.79 Å². The molecule has 0 aromatic heterocycles. The minimum Gasteiger partial charge on any atom is -0.493 e. The van der Waals surface area contributed by atoms with E-state index in [4.69, 9.17) is 14.2 Å². The smallest absolute Gasteiger partial charge is 0.315 e. The van der Waals surface area contributed by atoms with E-state index in [0.717, 1.165) is 5.56 Å². The Kier molecular flexibility index (Phi) is 6.94. The van der Waals surface area contributed by atoms with Gasteiger partial charge in [-0.15, -0.1) is 6.58 Å². The fourth-order valence-electron chi connectivity index (χ4n) is 1.83. The number of ether oxygens (including phenoxy) is 3. The molecule has 0 aliphatic rings. The molecule has 6 heteroatoms. The maximum Gasteiger partial charge on any atom is 0.315 e. The monoisotopic (exact) mass is 294 g/mol. The summed E-state index contributed by atoms with van der Waals surface area (Å²) in [6.07, 6.45) is 2.27. The van der Waals surface area contributed by atoms with Gasteiger partial charge in [-0.1, -0.05) is 6.08 Å². The molecule has 1 aromatic rings. The quantitative estimate of drug-likeness (QED) is 0.717. The number of rotatable bonds is 8. The van der Waals surface area contributed by atoms with Crippen molar-refractivity contribution in [2.45, 2.75) is 6.42 Å². The van der Waals surface area contributed by atoms with Crippen LogP contribution in [0.2, 0.25) is 0 Å². The third-order valence-corrected chi connectivity index (χ3v) is 2.83. The number of urea groups is 1. The number of benzene rings is 1. The maximum atomic E-state index is 11.4. The van der Waals surface area contributed by atoms with Crippen LogP contribution in [0.15, 0.2) is 24.8 Å². The highest BCUT2D eigenvalue weighted by molar-refractivity contribution is 5.73. The van der Waals surface area contributed by atoms with Crippen LogP contribution in [0.25, 0.3) is 0 Å². The lowest BCUT2D eigenvalue weighted by atomic mass is 10.1. The second-order valence-corrected chi connectivity index (χ2v) is 4.21. The van der Waals surface area contributed by atoms with Gasteiger partial charge >= 0.3 is 6.03 Å². The lowest BCUT2D eigenvalue weighted by Crippen LogP contribution is -2.36. The van der Waals surface area contributed by atoms with Gasteiger partial charge in [-0.05, 0) is 24.1 Å². The van der Waals surface area contributed by atoms with E-state index in [1.165, 1.54) is 0 Å². The van der Waals surface area contributed by atoms with Crippen LogP contribution in [0.5, 0.6) is 17.2 Å². The van der Waals surface area contributed by atoms with E-state index in [1.54, 1.807) is 27.4 Å². The molecule has 6 nitrogen and oxygen atoms in total. The van der Waals surface area contributed by atoms with Crippen LogP contribution < -0.4 is 24.8 Å². The first-order chi connectivity index (χ1) is 10.2. The van der Waals surface area contributed by atoms with E-state index in [-0.39, 0.29) is 6.03 Å². The van der Waals surface area contributed by atoms with Crippen molar-refractivity contribution < 1.29 is 19.0 Å². The fraction of sp³-hybridized carbons (Fsp3) is 0.400. The van der Waals surface area contributed by atoms with Gasteiger partial charge in [0.25, 0.3) is 0 Å². The summed E-state index contributed by atoms with van der Waals surface area (Å²) in [6.45, 7) is 4.47. The summed E-state index contributed by atoms with van der Waals surface area (Å²) in [5.74, 6) is 1.76. The van der Waals surface area contributed by atoms with Gasteiger partial charge in [0.1, 0.15) is 0 Å². The van der Waals surface area contributed by atoms with E-state index in [0.29, 0.717) is 36.8 Å². The molecular weight excluding hydrogens is 272 g/mol. The fourth-order valence-corrected chi connectivity index (χ4v) is 1.83. The zero-order chi connectivity index (χ0) is 15.7. The summed E-state index contributed by atoms with van der Waals surface area (Å²) >= 11 is 0. The van der Waals surface area contributed by atoms with Crippen LogP contribution in [0, 0.1) is 0 Å². The number of hydrogen-bond donors (Lipinski definition) is 2. The molecule has 0 saturated carbocycles. The molecule has 2 N–H and O–H groups in total. The predicted octanol–water partition coefficient (Wildman–Crippen LogP) is 1.74. The Hall–Kier alpha value is -2.37. The summed E-state index contributed by atoms with van der Waals surface area (Å²) in [7, 11) is 4.70. The zero-order valence-corrected chi connectivity index (χ0v) is 12.7. The number of carbonyl (C=O) groups is 1. The van der Waals surface area contributed by atoms with E-state index in [1.807, 2.05) is 12.1 Å². The van der Waals surface area contributed by atoms with Crippen LogP contribution in [-0.4, -0.2) is 40.5 Å². The normalized spacial score (nSPS) is 9.67. The lowest BCUT2D eigenvalue weighted by Gasteiger charge is -2.14. The number of carbonyl (C=O) groups excluding carboxylic acids is 1. The van der Waals surface area contributed by atoms with Crippen LogP contribution in [0.1, 0.15) is 5.56 Å². The summed E-state index contributed by atoms with van der Waals surface area (Å²) in [5, 5.41) is 5.40. The Bertz CT molecular complexity index is 464. The Morgan fingerprint density at radius 1 is 1.14 bits per heavy atom. The minimum absolute atomic E-state index is 0.220. The molecule has 0 heterocycles. The SMILES string of the molecule is C=CCNC(=O)NCCc1cc(OC)c(OC)c(OC)c1. The maximum absolute atomic E-state index is 11.4. The molecule has 0 radical (unpaired) electrons. The molecule has 0 bridgehead atoms. The van der Waals surface area contributed by atoms with Gasteiger partial charge in [0, 0.05) is 13.1 Å². The van der Waals surface area contributed by atoms with Crippen molar-refractivity contribution in [2.24, 2.45) is 0 Å². The Labute approximate surface area is 125 Å². The van der Waals surface area contributed by atoms with Crippen molar-refractivity contribution in [3.63, 3.8) is 0 Å². The average molecular weight is 294 g/mol. The molecule has 21 heavy (non-hydrogen) atoms. The van der Waals surface area contributed by atoms with Gasteiger partial charge in [-0.2, -0.15) is 0 Å². The molecule has 1 aromatic carbocycles. The molecule has 0 aliphatic carbocycles. The topological polar surface area (TPSA) is 68.8 Å². The van der Waals surface area contributed by atoms with Crippen molar-refractivity contribution >= 4 is 6.03 Å². The Morgan fingerprint density at radius 3 is 2.24 bits per heavy atom. The highest BCUT2D eigenvalue weighted by Gasteiger charge is 2.13. The predicted molar refractivity (Wildman–Crippen MR) is 81.4 cm³/mol.